The van der Waals surface area contributed by atoms with Gasteiger partial charge in [-0.15, -0.1) is 0 Å². The second-order valence-corrected chi connectivity index (χ2v) is 3.92. The fourth-order valence-electron chi connectivity index (χ4n) is 1.50. The maximum atomic E-state index is 12.0. The Kier molecular flexibility index (Phi) is 8.80. The predicted octanol–water partition coefficient (Wildman–Crippen LogP) is -2.55. The first kappa shape index (κ1) is 20.5. The minimum Gasteiger partial charge on any atom is -0.469 e. The van der Waals surface area contributed by atoms with E-state index in [0.29, 0.717) is 9.13 Å². The van der Waals surface area contributed by atoms with Gasteiger partial charge in [-0.1, -0.05) is 0 Å². The summed E-state index contributed by atoms with van der Waals surface area (Å²) in [7, 11) is 2.33. The number of nitrogens with zero attached hydrogens (tertiary/aromatic N) is 3. The number of esters is 2. The number of aromatic nitrogens is 3. The van der Waals surface area contributed by atoms with Crippen LogP contribution < -0.4 is 22.1 Å². The standard InChI is InChI=1S/C11H15N3O7.Y/c1-20-7(15)3-5-13-9(17)12-10(18)14(11(13)19)6-4-8(16)21-2;/h3-6H2,1-2H3,(H,12,17,18);/p-1. The number of carbonyl (C=O) groups is 2. The van der Waals surface area contributed by atoms with Gasteiger partial charge in [-0.25, -0.2) is 0 Å². The maximum absolute atomic E-state index is 12.0. The van der Waals surface area contributed by atoms with Gasteiger partial charge in [0.15, 0.2) is 0 Å². The molecule has 1 rings (SSSR count). The van der Waals surface area contributed by atoms with Crippen molar-refractivity contribution in [3.63, 3.8) is 0 Å². The fraction of sp³-hybridized carbons (Fsp3) is 0.545. The van der Waals surface area contributed by atoms with Crippen molar-refractivity contribution in [2.45, 2.75) is 25.9 Å². The second-order valence-electron chi connectivity index (χ2n) is 3.92. The van der Waals surface area contributed by atoms with Crippen LogP contribution in [0.5, 0.6) is 0 Å². The molecule has 0 fully saturated rings. The fourth-order valence-corrected chi connectivity index (χ4v) is 1.50. The molecule has 0 saturated heterocycles. The summed E-state index contributed by atoms with van der Waals surface area (Å²) in [5.41, 5.74) is -3.04. The minimum absolute atomic E-state index is 0. The first-order chi connectivity index (χ1) is 9.90. The van der Waals surface area contributed by atoms with Gasteiger partial charge in [-0.3, -0.25) is 29.0 Å². The van der Waals surface area contributed by atoms with Crippen LogP contribution in [-0.2, 0) is 64.9 Å². The molecule has 0 aromatic carbocycles. The Hall–Kier alpha value is -1.55. The molecule has 119 valence electrons. The molecular formula is C11H14N3O7Y-. The van der Waals surface area contributed by atoms with Crippen molar-refractivity contribution in [1.82, 2.24) is 14.1 Å². The van der Waals surface area contributed by atoms with E-state index in [0.717, 1.165) is 0 Å². The monoisotopic (exact) mass is 389 g/mol. The van der Waals surface area contributed by atoms with Crippen molar-refractivity contribution in [2.75, 3.05) is 14.2 Å². The molecule has 0 aliphatic heterocycles. The molecule has 1 aromatic rings. The van der Waals surface area contributed by atoms with Crippen LogP contribution in [0.15, 0.2) is 14.4 Å². The van der Waals surface area contributed by atoms with E-state index in [1.54, 1.807) is 0 Å². The zero-order chi connectivity index (χ0) is 16.0. The molecule has 0 N–H and O–H groups in total. The first-order valence-electron chi connectivity index (χ1n) is 5.93. The van der Waals surface area contributed by atoms with Crippen molar-refractivity contribution in [1.29, 1.82) is 0 Å². The summed E-state index contributed by atoms with van der Waals surface area (Å²) in [6.07, 6.45) is -0.439. The summed E-state index contributed by atoms with van der Waals surface area (Å²) in [6, 6.07) is 0. The number of rotatable bonds is 6. The molecule has 0 bridgehead atoms. The molecule has 0 aliphatic rings. The van der Waals surface area contributed by atoms with Gasteiger partial charge in [0.1, 0.15) is 0 Å². The van der Waals surface area contributed by atoms with Crippen molar-refractivity contribution in [3.8, 4) is 0 Å². The van der Waals surface area contributed by atoms with Gasteiger partial charge in [0.25, 0.3) is 0 Å². The van der Waals surface area contributed by atoms with E-state index in [1.807, 2.05) is 0 Å². The number of hydrogen-bond donors (Lipinski definition) is 0. The van der Waals surface area contributed by atoms with Crippen molar-refractivity contribution >= 4 is 11.9 Å². The van der Waals surface area contributed by atoms with E-state index < -0.39 is 29.0 Å². The summed E-state index contributed by atoms with van der Waals surface area (Å²) in [6.45, 7) is -0.536. The van der Waals surface area contributed by atoms with E-state index >= 15 is 0 Å². The summed E-state index contributed by atoms with van der Waals surface area (Å²) >= 11 is 0. The molecule has 1 heterocycles. The molecule has 1 aromatic heterocycles. The van der Waals surface area contributed by atoms with E-state index in [1.165, 1.54) is 14.2 Å². The zero-order valence-corrected chi connectivity index (χ0v) is 14.9. The summed E-state index contributed by atoms with van der Waals surface area (Å²) in [5, 5.41) is 0. The van der Waals surface area contributed by atoms with Crippen LogP contribution in [0.3, 0.4) is 0 Å². The maximum Gasteiger partial charge on any atom is 0.306 e. The average molecular weight is 389 g/mol. The van der Waals surface area contributed by atoms with Crippen LogP contribution in [-0.4, -0.2) is 35.3 Å². The average Bonchev–Trinajstić information content (AvgIpc) is 2.45. The molecule has 0 atom stereocenters. The van der Waals surface area contributed by atoms with Gasteiger partial charge in [-0.05, 0) is 13.1 Å². The molecular weight excluding hydrogens is 375 g/mol. The van der Waals surface area contributed by atoms with E-state index in [-0.39, 0.29) is 58.6 Å². The van der Waals surface area contributed by atoms with Gasteiger partial charge in [-0.2, -0.15) is 0 Å². The van der Waals surface area contributed by atoms with Gasteiger partial charge in [0.05, 0.1) is 27.1 Å². The number of hydrogen-bond acceptors (Lipinski definition) is 7. The Balaban J connectivity index is 0.00000441. The Morgan fingerprint density at radius 2 is 1.27 bits per heavy atom. The first-order valence-corrected chi connectivity index (χ1v) is 5.93. The SMILES string of the molecule is COC(=O)CCn1c(=O)[n-]c(=O)n(CCC(=O)OC)c1=O.[Y]. The predicted molar refractivity (Wildman–Crippen MR) is 67.8 cm³/mol. The summed E-state index contributed by atoms with van der Waals surface area (Å²) < 4.78 is 10.1. The Morgan fingerprint density at radius 3 is 1.59 bits per heavy atom. The van der Waals surface area contributed by atoms with Gasteiger partial charge < -0.3 is 18.6 Å². The van der Waals surface area contributed by atoms with Gasteiger partial charge in [0.2, 0.25) is 17.1 Å². The largest absolute Gasteiger partial charge is 0.469 e. The van der Waals surface area contributed by atoms with Crippen LogP contribution in [0, 0.1) is 0 Å². The van der Waals surface area contributed by atoms with Crippen LogP contribution in [0.4, 0.5) is 0 Å². The Morgan fingerprint density at radius 1 is 0.909 bits per heavy atom. The van der Waals surface area contributed by atoms with Gasteiger partial charge in [0, 0.05) is 32.7 Å². The summed E-state index contributed by atoms with van der Waals surface area (Å²) in [4.78, 5) is 60.2. The third-order valence-corrected chi connectivity index (χ3v) is 2.65. The Bertz CT molecular complexity index is 648. The Labute approximate surface area is 149 Å². The molecule has 1 radical (unpaired) electrons. The van der Waals surface area contributed by atoms with E-state index in [2.05, 4.69) is 14.5 Å². The van der Waals surface area contributed by atoms with Crippen LogP contribution in [0.2, 0.25) is 0 Å². The number of methoxy groups -OCH3 is 2. The second kappa shape index (κ2) is 9.47. The molecule has 0 amide bonds. The molecule has 0 spiro atoms. The third-order valence-electron chi connectivity index (χ3n) is 2.65. The molecule has 11 heteroatoms. The quantitative estimate of drug-likeness (QED) is 0.487. The third kappa shape index (κ3) is 5.34. The number of ether oxygens (including phenoxy) is 2. The normalized spacial score (nSPS) is 9.73. The van der Waals surface area contributed by atoms with Crippen LogP contribution >= 0.6 is 0 Å². The van der Waals surface area contributed by atoms with Gasteiger partial charge >= 0.3 is 11.9 Å². The zero-order valence-electron chi connectivity index (χ0n) is 12.1. The van der Waals surface area contributed by atoms with Crippen molar-refractivity contribution in [3.05, 3.63) is 31.5 Å². The molecule has 0 unspecified atom stereocenters. The molecule has 0 saturated carbocycles. The van der Waals surface area contributed by atoms with E-state index in [9.17, 15) is 24.0 Å². The van der Waals surface area contributed by atoms with Crippen molar-refractivity contribution < 1.29 is 51.8 Å². The number of carbonyl (C=O) groups excluding carboxylic acids is 2. The summed E-state index contributed by atoms with van der Waals surface area (Å²) in [5.74, 6) is -1.23. The van der Waals surface area contributed by atoms with Crippen LogP contribution in [0.1, 0.15) is 12.8 Å². The van der Waals surface area contributed by atoms with Crippen LogP contribution in [0.25, 0.3) is 0 Å². The molecule has 22 heavy (non-hydrogen) atoms. The molecule has 10 nitrogen and oxygen atoms in total. The topological polar surface area (TPSA) is 128 Å². The molecule has 0 aliphatic carbocycles. The van der Waals surface area contributed by atoms with Crippen molar-refractivity contribution in [2.24, 2.45) is 0 Å². The van der Waals surface area contributed by atoms with E-state index in [4.69, 9.17) is 0 Å². The smallest absolute Gasteiger partial charge is 0.306 e. The minimum atomic E-state index is -1.05.